The van der Waals surface area contributed by atoms with Gasteiger partial charge in [0, 0.05) is 24.8 Å². The first-order valence-electron chi connectivity index (χ1n) is 7.67. The summed E-state index contributed by atoms with van der Waals surface area (Å²) in [5, 5.41) is 23.5. The van der Waals surface area contributed by atoms with Gasteiger partial charge in [0.1, 0.15) is 5.41 Å². The van der Waals surface area contributed by atoms with Crippen LogP contribution in [-0.2, 0) is 0 Å². The smallest absolute Gasteiger partial charge is 0.143 e. The highest BCUT2D eigenvalue weighted by molar-refractivity contribution is 7.84. The van der Waals surface area contributed by atoms with Crippen molar-refractivity contribution in [3.63, 3.8) is 0 Å². The van der Waals surface area contributed by atoms with Gasteiger partial charge >= 0.3 is 0 Å². The second-order valence-corrected chi connectivity index (χ2v) is 6.69. The average Bonchev–Trinajstić information content (AvgIpc) is 2.68. The van der Waals surface area contributed by atoms with E-state index in [0.29, 0.717) is 10.6 Å². The first-order valence-corrected chi connectivity index (χ1v) is 8.52. The lowest BCUT2D eigenvalue weighted by Gasteiger charge is -2.45. The van der Waals surface area contributed by atoms with Gasteiger partial charge in [0.2, 0.25) is 0 Å². The van der Waals surface area contributed by atoms with Crippen molar-refractivity contribution in [1.29, 1.82) is 10.5 Å². The molecule has 2 aromatic rings. The first kappa shape index (κ1) is 17.9. The zero-order valence-electron chi connectivity index (χ0n) is 13.5. The lowest BCUT2D eigenvalue weighted by Crippen LogP contribution is -2.52. The van der Waals surface area contributed by atoms with Crippen molar-refractivity contribution in [3.05, 3.63) is 70.8 Å². The molecular formula is C18H14N6S2. The van der Waals surface area contributed by atoms with Crippen LogP contribution in [0, 0.1) is 28.1 Å². The predicted molar refractivity (Wildman–Crippen MR) is 104 cm³/mol. The van der Waals surface area contributed by atoms with E-state index in [-0.39, 0.29) is 10.6 Å². The zero-order valence-corrected chi connectivity index (χ0v) is 15.2. The monoisotopic (exact) mass is 378 g/mol. The number of thiol groups is 1. The van der Waals surface area contributed by atoms with Crippen LogP contribution in [0.2, 0.25) is 0 Å². The Morgan fingerprint density at radius 2 is 1.81 bits per heavy atom. The van der Waals surface area contributed by atoms with E-state index in [9.17, 15) is 10.5 Å². The molecule has 1 aliphatic heterocycles. The Hall–Kier alpha value is -2.94. The van der Waals surface area contributed by atoms with Crippen molar-refractivity contribution < 1.29 is 0 Å². The molecule has 128 valence electrons. The van der Waals surface area contributed by atoms with Crippen LogP contribution in [0.25, 0.3) is 0 Å². The van der Waals surface area contributed by atoms with Crippen molar-refractivity contribution in [2.45, 2.75) is 12.0 Å². The maximum atomic E-state index is 10.2. The molecular weight excluding hydrogens is 364 g/mol. The van der Waals surface area contributed by atoms with Crippen molar-refractivity contribution >= 4 is 29.8 Å². The van der Waals surface area contributed by atoms with Crippen LogP contribution in [0.4, 0.5) is 0 Å². The van der Waals surface area contributed by atoms with E-state index >= 15 is 0 Å². The first-order chi connectivity index (χ1) is 12.6. The molecule has 26 heavy (non-hydrogen) atoms. The fourth-order valence-electron chi connectivity index (χ4n) is 3.31. The number of nitrogens with zero attached hydrogens (tertiary/aromatic N) is 4. The summed E-state index contributed by atoms with van der Waals surface area (Å²) in [5.74, 6) is -0.706. The summed E-state index contributed by atoms with van der Waals surface area (Å²) < 4.78 is 0. The van der Waals surface area contributed by atoms with E-state index in [2.05, 4.69) is 40.1 Å². The molecule has 0 bridgehead atoms. The maximum absolute atomic E-state index is 10.2. The summed E-state index contributed by atoms with van der Waals surface area (Å²) in [6.45, 7) is 0. The molecule has 0 aliphatic carbocycles. The second kappa shape index (κ2) is 7.12. The van der Waals surface area contributed by atoms with Crippen molar-refractivity contribution in [2.24, 2.45) is 11.1 Å². The molecule has 0 saturated carbocycles. The molecule has 3 rings (SSSR count). The molecule has 0 amide bonds. The van der Waals surface area contributed by atoms with Crippen LogP contribution in [0.5, 0.6) is 0 Å². The fourth-order valence-corrected chi connectivity index (χ4v) is 3.90. The molecule has 0 unspecified atom stereocenters. The number of hydrogen-bond acceptors (Lipinski definition) is 7. The van der Waals surface area contributed by atoms with E-state index in [1.165, 1.54) is 0 Å². The van der Waals surface area contributed by atoms with Crippen molar-refractivity contribution in [2.75, 3.05) is 0 Å². The van der Waals surface area contributed by atoms with E-state index in [1.807, 2.05) is 6.07 Å². The minimum Gasteiger partial charge on any atom is -0.392 e. The van der Waals surface area contributed by atoms with Gasteiger partial charge in [-0.1, -0.05) is 24.4 Å². The van der Waals surface area contributed by atoms with Crippen molar-refractivity contribution in [3.8, 4) is 12.1 Å². The SMILES string of the molecule is N#CC1=C(S)N[C@H](c2cccnc2)[C@@](C#N)(C(N)=S)[C@H]1c1cccnc1. The summed E-state index contributed by atoms with van der Waals surface area (Å²) in [5.41, 5.74) is 6.39. The Kier molecular flexibility index (Phi) is 4.90. The minimum absolute atomic E-state index is 0.0104. The molecule has 0 saturated heterocycles. The predicted octanol–water partition coefficient (Wildman–Crippen LogP) is 2.37. The third kappa shape index (κ3) is 2.70. The molecule has 8 heteroatoms. The zero-order chi connectivity index (χ0) is 18.7. The number of nitriles is 2. The Morgan fingerprint density at radius 1 is 1.19 bits per heavy atom. The Balaban J connectivity index is 2.34. The standard InChI is InChI=1S/C18H14N6S2/c19-7-13-14(11-3-1-5-22-8-11)18(10-20,17(21)26)15(24-16(13)25)12-4-2-6-23-9-12/h1-6,8-9,14-15,24-25H,(H2,21,26)/t14-,15+,18-/m0/s1. The number of allylic oxidation sites excluding steroid dienone is 1. The van der Waals surface area contributed by atoms with Gasteiger partial charge in [-0.2, -0.15) is 10.5 Å². The van der Waals surface area contributed by atoms with Crippen molar-refractivity contribution in [1.82, 2.24) is 15.3 Å². The molecule has 1 aliphatic rings. The lowest BCUT2D eigenvalue weighted by molar-refractivity contribution is 0.332. The van der Waals surface area contributed by atoms with E-state index in [0.717, 1.165) is 5.56 Å². The Labute approximate surface area is 161 Å². The topological polar surface area (TPSA) is 111 Å². The Morgan fingerprint density at radius 3 is 2.27 bits per heavy atom. The number of nitrogens with two attached hydrogens (primary N) is 1. The quantitative estimate of drug-likeness (QED) is 0.555. The van der Waals surface area contributed by atoms with Gasteiger partial charge in [0.15, 0.2) is 0 Å². The number of nitrogens with one attached hydrogen (secondary N) is 1. The number of rotatable bonds is 3. The highest BCUT2D eigenvalue weighted by atomic mass is 32.1. The number of aromatic nitrogens is 2. The minimum atomic E-state index is -1.39. The largest absolute Gasteiger partial charge is 0.392 e. The molecule has 0 radical (unpaired) electrons. The van der Waals surface area contributed by atoms with Crippen LogP contribution in [-0.4, -0.2) is 15.0 Å². The van der Waals surface area contributed by atoms with Crippen LogP contribution in [0.15, 0.2) is 59.7 Å². The van der Waals surface area contributed by atoms with Gasteiger partial charge in [0.05, 0.1) is 39.7 Å². The number of pyridine rings is 2. The van der Waals surface area contributed by atoms with Crippen LogP contribution in [0.1, 0.15) is 23.1 Å². The molecule has 3 heterocycles. The van der Waals surface area contributed by atoms with E-state index in [1.54, 1.807) is 43.0 Å². The summed E-state index contributed by atoms with van der Waals surface area (Å²) in [6, 6.07) is 11.0. The summed E-state index contributed by atoms with van der Waals surface area (Å²) in [6.07, 6.45) is 6.51. The maximum Gasteiger partial charge on any atom is 0.143 e. The number of thiocarbonyl (C=S) groups is 1. The molecule has 0 fully saturated rings. The Bertz CT molecular complexity index is 945. The molecule has 3 atom stereocenters. The van der Waals surface area contributed by atoms with Gasteiger partial charge in [-0.05, 0) is 23.3 Å². The summed E-state index contributed by atoms with van der Waals surface area (Å²) in [4.78, 5) is 8.25. The van der Waals surface area contributed by atoms with E-state index < -0.39 is 17.4 Å². The van der Waals surface area contributed by atoms with Gasteiger partial charge in [0.25, 0.3) is 0 Å². The van der Waals surface area contributed by atoms with E-state index in [4.69, 9.17) is 18.0 Å². The normalized spacial score (nSPS) is 24.9. The third-order valence-electron chi connectivity index (χ3n) is 4.48. The fraction of sp³-hybridized carbons (Fsp3) is 0.167. The second-order valence-electron chi connectivity index (χ2n) is 5.80. The molecule has 0 spiro atoms. The van der Waals surface area contributed by atoms with Gasteiger partial charge in [-0.3, -0.25) is 9.97 Å². The highest BCUT2D eigenvalue weighted by Crippen LogP contribution is 2.53. The number of hydrogen-bond donors (Lipinski definition) is 3. The average molecular weight is 378 g/mol. The summed E-state index contributed by atoms with van der Waals surface area (Å²) >= 11 is 9.79. The van der Waals surface area contributed by atoms with Gasteiger partial charge in [-0.15, -0.1) is 12.6 Å². The third-order valence-corrected chi connectivity index (χ3v) is 5.19. The van der Waals surface area contributed by atoms with Crippen LogP contribution >= 0.6 is 24.8 Å². The molecule has 0 aromatic carbocycles. The van der Waals surface area contributed by atoms with Gasteiger partial charge < -0.3 is 11.1 Å². The molecule has 2 aromatic heterocycles. The molecule has 3 N–H and O–H groups in total. The van der Waals surface area contributed by atoms with Crippen LogP contribution < -0.4 is 11.1 Å². The highest BCUT2D eigenvalue weighted by Gasteiger charge is 2.55. The summed E-state index contributed by atoms with van der Waals surface area (Å²) in [7, 11) is 0. The van der Waals surface area contributed by atoms with Crippen LogP contribution in [0.3, 0.4) is 0 Å². The lowest BCUT2D eigenvalue weighted by atomic mass is 9.62. The molecule has 6 nitrogen and oxygen atoms in total. The van der Waals surface area contributed by atoms with Gasteiger partial charge in [-0.25, -0.2) is 0 Å².